The van der Waals surface area contributed by atoms with Crippen LogP contribution in [-0.4, -0.2) is 16.3 Å². The lowest BCUT2D eigenvalue weighted by atomic mass is 10.1. The van der Waals surface area contributed by atoms with Crippen LogP contribution in [0.2, 0.25) is 0 Å². The van der Waals surface area contributed by atoms with Gasteiger partial charge in [-0.1, -0.05) is 58.0 Å². The van der Waals surface area contributed by atoms with Crippen LogP contribution < -0.4 is 5.73 Å². The number of hydrogen-bond acceptors (Lipinski definition) is 3. The number of nitrogens with zero attached hydrogens (tertiary/aromatic N) is 2. The average Bonchev–Trinajstić information content (AvgIpc) is 2.87. The summed E-state index contributed by atoms with van der Waals surface area (Å²) in [7, 11) is 1.99. The first kappa shape index (κ1) is 16.3. The highest BCUT2D eigenvalue weighted by Gasteiger charge is 2.17. The molecule has 0 bridgehead atoms. The molecule has 0 spiro atoms. The van der Waals surface area contributed by atoms with Crippen molar-refractivity contribution in [2.75, 3.05) is 6.54 Å². The standard InChI is InChI=1S/C18H18BrN3S/c1-22-18(23-15-9-7-14(19)8-10-15)16(11-12-20)17(21-22)13-5-3-2-4-6-13/h2-10H,11-12,20H2,1H3. The van der Waals surface area contributed by atoms with E-state index in [0.717, 1.165) is 27.2 Å². The van der Waals surface area contributed by atoms with Crippen molar-refractivity contribution in [1.82, 2.24) is 9.78 Å². The first-order chi connectivity index (χ1) is 11.2. The maximum atomic E-state index is 5.85. The normalized spacial score (nSPS) is 10.9. The summed E-state index contributed by atoms with van der Waals surface area (Å²) < 4.78 is 3.04. The Kier molecular flexibility index (Phi) is 5.20. The van der Waals surface area contributed by atoms with E-state index in [9.17, 15) is 0 Å². The highest BCUT2D eigenvalue weighted by Crippen LogP contribution is 2.36. The number of benzene rings is 2. The molecule has 0 aliphatic rings. The Morgan fingerprint density at radius 3 is 2.43 bits per heavy atom. The minimum absolute atomic E-state index is 0.611. The molecule has 0 aliphatic heterocycles. The van der Waals surface area contributed by atoms with Gasteiger partial charge in [-0.05, 0) is 37.2 Å². The van der Waals surface area contributed by atoms with E-state index in [4.69, 9.17) is 10.8 Å². The van der Waals surface area contributed by atoms with Crippen molar-refractivity contribution in [3.8, 4) is 11.3 Å². The van der Waals surface area contributed by atoms with Crippen molar-refractivity contribution in [3.63, 3.8) is 0 Å². The maximum absolute atomic E-state index is 5.85. The van der Waals surface area contributed by atoms with E-state index in [-0.39, 0.29) is 0 Å². The van der Waals surface area contributed by atoms with E-state index < -0.39 is 0 Å². The summed E-state index contributed by atoms with van der Waals surface area (Å²) in [5.74, 6) is 0. The Labute approximate surface area is 149 Å². The lowest BCUT2D eigenvalue weighted by Gasteiger charge is -2.06. The molecule has 2 N–H and O–H groups in total. The predicted octanol–water partition coefficient (Wildman–Crippen LogP) is 4.50. The van der Waals surface area contributed by atoms with Gasteiger partial charge in [0.25, 0.3) is 0 Å². The van der Waals surface area contributed by atoms with Crippen molar-refractivity contribution >= 4 is 27.7 Å². The summed E-state index contributed by atoms with van der Waals surface area (Å²) in [6.45, 7) is 0.611. The number of nitrogens with two attached hydrogens (primary N) is 1. The van der Waals surface area contributed by atoms with E-state index in [1.54, 1.807) is 11.8 Å². The van der Waals surface area contributed by atoms with E-state index >= 15 is 0 Å². The Bertz CT molecular complexity index is 782. The summed E-state index contributed by atoms with van der Waals surface area (Å²) >= 11 is 5.21. The van der Waals surface area contributed by atoms with Crippen molar-refractivity contribution in [2.45, 2.75) is 16.3 Å². The molecule has 2 aromatic carbocycles. The van der Waals surface area contributed by atoms with Crippen LogP contribution in [0, 0.1) is 0 Å². The number of aryl methyl sites for hydroxylation is 1. The zero-order valence-corrected chi connectivity index (χ0v) is 15.3. The third kappa shape index (κ3) is 3.68. The molecule has 0 fully saturated rings. The molecule has 5 heteroatoms. The number of rotatable bonds is 5. The van der Waals surface area contributed by atoms with Crippen LogP contribution in [0.4, 0.5) is 0 Å². The Morgan fingerprint density at radius 1 is 1.09 bits per heavy atom. The first-order valence-corrected chi connectivity index (χ1v) is 9.05. The molecule has 0 atom stereocenters. The molecule has 23 heavy (non-hydrogen) atoms. The fourth-order valence-electron chi connectivity index (χ4n) is 2.49. The zero-order valence-electron chi connectivity index (χ0n) is 12.9. The van der Waals surface area contributed by atoms with Gasteiger partial charge in [0.1, 0.15) is 5.03 Å². The van der Waals surface area contributed by atoms with Crippen molar-refractivity contribution in [1.29, 1.82) is 0 Å². The fourth-order valence-corrected chi connectivity index (χ4v) is 3.75. The average molecular weight is 388 g/mol. The second-order valence-corrected chi connectivity index (χ2v) is 7.19. The molecule has 0 amide bonds. The molecule has 1 heterocycles. The minimum atomic E-state index is 0.611. The maximum Gasteiger partial charge on any atom is 0.102 e. The van der Waals surface area contributed by atoms with Gasteiger partial charge in [0.2, 0.25) is 0 Å². The van der Waals surface area contributed by atoms with Crippen molar-refractivity contribution in [3.05, 3.63) is 64.6 Å². The molecule has 3 nitrogen and oxygen atoms in total. The van der Waals surface area contributed by atoms with Gasteiger partial charge in [0, 0.05) is 27.5 Å². The molecular weight excluding hydrogens is 370 g/mol. The topological polar surface area (TPSA) is 43.8 Å². The highest BCUT2D eigenvalue weighted by atomic mass is 79.9. The molecule has 0 unspecified atom stereocenters. The Morgan fingerprint density at radius 2 is 1.78 bits per heavy atom. The summed E-state index contributed by atoms with van der Waals surface area (Å²) in [6.07, 6.45) is 0.816. The zero-order chi connectivity index (χ0) is 16.2. The molecule has 0 saturated carbocycles. The lowest BCUT2D eigenvalue weighted by molar-refractivity contribution is 0.694. The lowest BCUT2D eigenvalue weighted by Crippen LogP contribution is -2.04. The third-order valence-electron chi connectivity index (χ3n) is 3.56. The summed E-state index contributed by atoms with van der Waals surface area (Å²) in [5.41, 5.74) is 9.22. The van der Waals surface area contributed by atoms with Crippen molar-refractivity contribution < 1.29 is 0 Å². The fraction of sp³-hybridized carbons (Fsp3) is 0.167. The molecule has 0 radical (unpaired) electrons. The second kappa shape index (κ2) is 7.34. The van der Waals surface area contributed by atoms with Crippen LogP contribution in [0.5, 0.6) is 0 Å². The van der Waals surface area contributed by atoms with Gasteiger partial charge in [-0.3, -0.25) is 4.68 Å². The third-order valence-corrected chi connectivity index (χ3v) is 5.30. The van der Waals surface area contributed by atoms with Crippen molar-refractivity contribution in [2.24, 2.45) is 12.8 Å². The largest absolute Gasteiger partial charge is 0.330 e. The molecule has 0 aliphatic carbocycles. The molecule has 3 aromatic rings. The Hall–Kier alpha value is -1.56. The van der Waals surface area contributed by atoms with Crippen LogP contribution in [0.3, 0.4) is 0 Å². The summed E-state index contributed by atoms with van der Waals surface area (Å²) in [5, 5.41) is 5.89. The number of hydrogen-bond donors (Lipinski definition) is 1. The molecule has 118 valence electrons. The van der Waals surface area contributed by atoms with Gasteiger partial charge in [-0.25, -0.2) is 0 Å². The summed E-state index contributed by atoms with van der Waals surface area (Å²) in [6, 6.07) is 18.6. The monoisotopic (exact) mass is 387 g/mol. The minimum Gasteiger partial charge on any atom is -0.330 e. The Balaban J connectivity index is 2.02. The molecule has 3 rings (SSSR count). The van der Waals surface area contributed by atoms with Crippen LogP contribution in [-0.2, 0) is 13.5 Å². The van der Waals surface area contributed by atoms with Crippen LogP contribution in [0.25, 0.3) is 11.3 Å². The number of aromatic nitrogens is 2. The van der Waals surface area contributed by atoms with Crippen LogP contribution in [0.15, 0.2) is 69.0 Å². The summed E-state index contributed by atoms with van der Waals surface area (Å²) in [4.78, 5) is 1.19. The van der Waals surface area contributed by atoms with Gasteiger partial charge in [-0.15, -0.1) is 0 Å². The van der Waals surface area contributed by atoms with Gasteiger partial charge in [-0.2, -0.15) is 5.10 Å². The predicted molar refractivity (Wildman–Crippen MR) is 99.7 cm³/mol. The van der Waals surface area contributed by atoms with E-state index in [0.29, 0.717) is 6.54 Å². The van der Waals surface area contributed by atoms with E-state index in [1.807, 2.05) is 29.9 Å². The van der Waals surface area contributed by atoms with E-state index in [2.05, 4.69) is 52.3 Å². The smallest absolute Gasteiger partial charge is 0.102 e. The molecule has 1 aromatic heterocycles. The SMILES string of the molecule is Cn1nc(-c2ccccc2)c(CCN)c1Sc1ccc(Br)cc1. The van der Waals surface area contributed by atoms with Gasteiger partial charge < -0.3 is 5.73 Å². The first-order valence-electron chi connectivity index (χ1n) is 7.44. The van der Waals surface area contributed by atoms with Gasteiger partial charge in [0.15, 0.2) is 0 Å². The highest BCUT2D eigenvalue weighted by molar-refractivity contribution is 9.10. The van der Waals surface area contributed by atoms with Crippen LogP contribution in [0.1, 0.15) is 5.56 Å². The second-order valence-electron chi connectivity index (χ2n) is 5.22. The van der Waals surface area contributed by atoms with Gasteiger partial charge >= 0.3 is 0 Å². The van der Waals surface area contributed by atoms with Gasteiger partial charge in [0.05, 0.1) is 5.69 Å². The quantitative estimate of drug-likeness (QED) is 0.700. The van der Waals surface area contributed by atoms with E-state index in [1.165, 1.54) is 10.5 Å². The van der Waals surface area contributed by atoms with Crippen LogP contribution >= 0.6 is 27.7 Å². The number of halogens is 1. The molecule has 0 saturated heterocycles. The molecular formula is C18H18BrN3S.